The van der Waals surface area contributed by atoms with Gasteiger partial charge in [-0.15, -0.1) is 0 Å². The Morgan fingerprint density at radius 3 is 1.05 bits per heavy atom. The van der Waals surface area contributed by atoms with Crippen molar-refractivity contribution in [1.82, 2.24) is 0 Å². The van der Waals surface area contributed by atoms with Crippen molar-refractivity contribution in [2.45, 2.75) is 13.8 Å². The van der Waals surface area contributed by atoms with Gasteiger partial charge in [-0.3, -0.25) is 0 Å². The SMILES string of the molecule is Cc1ccc([O-])c2[nH+]cccc12.Cc1ccc2cccc([O-])c2[nH+]1.[Li+].[Li+].[Li+].[Mg+2].[O-]c1cccc2ccc[nH+]c12.[O-]c1cccc2ccc[nH+]c12.[O-]c1cccc2ccc[nH+]c12. The number of para-hydroxylation sites is 4. The molecule has 0 saturated carbocycles. The maximum atomic E-state index is 11.3. The molecule has 0 fully saturated rings. The fourth-order valence-corrected chi connectivity index (χ4v) is 5.99. The first-order chi connectivity index (χ1) is 27.7. The molecule has 0 bridgehead atoms. The zero-order valence-electron chi connectivity index (χ0n) is 34.9. The van der Waals surface area contributed by atoms with Gasteiger partial charge in [0.05, 0.1) is 0 Å². The molecular weight excluding hydrogens is 760 g/mol. The van der Waals surface area contributed by atoms with Gasteiger partial charge in [-0.2, -0.15) is 0 Å². The van der Waals surface area contributed by atoms with E-state index in [0.717, 1.165) is 38.2 Å². The quantitative estimate of drug-likeness (QED) is 0.139. The summed E-state index contributed by atoms with van der Waals surface area (Å²) in [4.78, 5) is 14.7. The third-order valence-electron chi connectivity index (χ3n) is 8.88. The molecule has 0 aliphatic heterocycles. The predicted octanol–water partition coefficient (Wildman–Crippen LogP) is -5.11. The average Bonchev–Trinajstić information content (AvgIpc) is 3.24. The van der Waals surface area contributed by atoms with Crippen molar-refractivity contribution in [2.75, 3.05) is 0 Å². The Morgan fingerprint density at radius 2 is 0.656 bits per heavy atom. The summed E-state index contributed by atoms with van der Waals surface area (Å²) in [5.41, 5.74) is 5.54. The summed E-state index contributed by atoms with van der Waals surface area (Å²) in [6.45, 7) is 3.93. The van der Waals surface area contributed by atoms with E-state index in [1.165, 1.54) is 0 Å². The van der Waals surface area contributed by atoms with Crippen LogP contribution in [0.4, 0.5) is 0 Å². The van der Waals surface area contributed by atoms with E-state index in [2.05, 4.69) is 24.9 Å². The van der Waals surface area contributed by atoms with E-state index in [1.807, 2.05) is 105 Å². The second kappa shape index (κ2) is 25.5. The van der Waals surface area contributed by atoms with Gasteiger partial charge < -0.3 is 25.5 Å². The van der Waals surface area contributed by atoms with E-state index in [4.69, 9.17) is 0 Å². The van der Waals surface area contributed by atoms with Crippen LogP contribution in [0.25, 0.3) is 54.5 Å². The first-order valence-electron chi connectivity index (χ1n) is 18.0. The van der Waals surface area contributed by atoms with Gasteiger partial charge in [-0.05, 0) is 95.8 Å². The van der Waals surface area contributed by atoms with Crippen LogP contribution in [-0.2, 0) is 0 Å². The maximum absolute atomic E-state index is 11.3. The number of H-pyrrole nitrogens is 5. The van der Waals surface area contributed by atoms with Gasteiger partial charge in [0, 0.05) is 64.2 Å². The largest absolute Gasteiger partial charge is 2.00 e. The summed E-state index contributed by atoms with van der Waals surface area (Å²) in [5.74, 6) is 0.238. The summed E-state index contributed by atoms with van der Waals surface area (Å²) in [6.07, 6.45) is 7.03. The molecule has 14 heteroatoms. The molecule has 0 saturated heterocycles. The summed E-state index contributed by atoms with van der Waals surface area (Å²) in [5, 5.41) is 60.9. The van der Waals surface area contributed by atoms with Crippen molar-refractivity contribution in [2.24, 2.45) is 0 Å². The zero-order valence-corrected chi connectivity index (χ0v) is 36.3. The number of aryl methyl sites for hydroxylation is 2. The van der Waals surface area contributed by atoms with Gasteiger partial charge in [0.2, 0.25) is 27.6 Å². The number of nitrogens with one attached hydrogen (secondary N) is 5. The second-order valence-electron chi connectivity index (χ2n) is 12.9. The molecule has 10 aromatic rings. The van der Waals surface area contributed by atoms with Gasteiger partial charge in [0.15, 0.2) is 30.5 Å². The Balaban J connectivity index is 0.000000258. The third kappa shape index (κ3) is 13.9. The molecule has 0 radical (unpaired) electrons. The predicted molar refractivity (Wildman–Crippen MR) is 215 cm³/mol. The number of aromatic nitrogens is 5. The van der Waals surface area contributed by atoms with Gasteiger partial charge in [-0.1, -0.05) is 60.7 Å². The molecule has 10 nitrogen and oxygen atoms in total. The number of pyridine rings is 5. The summed E-state index contributed by atoms with van der Waals surface area (Å²) in [7, 11) is 0. The standard InChI is InChI=1S/2C10H9NO.3C9H7NO.3Li.Mg/c1-7-4-5-9(12)10-8(7)3-2-6-11-10;1-7-5-6-8-3-2-4-9(12)10(8)11-7;3*11-8-5-1-3-7-4-2-6-10-9(7)8;;;;/h2*2-6,12H,1H3;3*1-6,11H;;;;/q;;;;;3*+1;+2. The van der Waals surface area contributed by atoms with E-state index in [9.17, 15) is 25.5 Å². The van der Waals surface area contributed by atoms with E-state index < -0.39 is 0 Å². The van der Waals surface area contributed by atoms with Crippen LogP contribution >= 0.6 is 0 Å². The fraction of sp³-hybridized carbons (Fsp3) is 0.0426. The Kier molecular flexibility index (Phi) is 21.7. The number of fused-ring (bicyclic) bond motifs is 5. The minimum absolute atomic E-state index is 0. The first-order valence-corrected chi connectivity index (χ1v) is 18.0. The first kappa shape index (κ1) is 51.8. The molecule has 10 rings (SSSR count). The van der Waals surface area contributed by atoms with Crippen molar-refractivity contribution >= 4 is 77.6 Å². The van der Waals surface area contributed by atoms with Gasteiger partial charge in [0.25, 0.3) is 0 Å². The van der Waals surface area contributed by atoms with Gasteiger partial charge in [0.1, 0.15) is 0 Å². The number of aromatic amines is 5. The molecule has 0 aliphatic rings. The molecule has 0 spiro atoms. The topological polar surface area (TPSA) is 186 Å². The molecule has 0 aliphatic carbocycles. The molecule has 5 heterocycles. The van der Waals surface area contributed by atoms with Crippen LogP contribution in [0.15, 0.2) is 170 Å². The van der Waals surface area contributed by atoms with Crippen LogP contribution in [-0.4, -0.2) is 23.1 Å². The number of hydrogen-bond acceptors (Lipinski definition) is 5. The van der Waals surface area contributed by atoms with Crippen LogP contribution in [0.3, 0.4) is 0 Å². The van der Waals surface area contributed by atoms with Crippen molar-refractivity contribution in [1.29, 1.82) is 0 Å². The normalized spacial score (nSPS) is 9.61. The fourth-order valence-electron chi connectivity index (χ4n) is 5.99. The summed E-state index contributed by atoms with van der Waals surface area (Å²) >= 11 is 0. The Bertz CT molecular complexity index is 2700. The van der Waals surface area contributed by atoms with Crippen LogP contribution in [0.1, 0.15) is 11.3 Å². The second-order valence-corrected chi connectivity index (χ2v) is 12.9. The van der Waals surface area contributed by atoms with Crippen LogP contribution < -0.4 is 107 Å². The number of benzene rings is 5. The maximum Gasteiger partial charge on any atom is 2.00 e. The number of rotatable bonds is 0. The Morgan fingerprint density at radius 1 is 0.328 bits per heavy atom. The molecule has 0 amide bonds. The Labute approximate surface area is 405 Å². The molecule has 5 aromatic heterocycles. The van der Waals surface area contributed by atoms with Crippen molar-refractivity contribution < 1.29 is 107 Å². The van der Waals surface area contributed by atoms with Crippen LogP contribution in [0.2, 0.25) is 0 Å². The molecular formula is C47H39Li3MgN5O5+5. The number of hydrogen-bond donors (Lipinski definition) is 0. The van der Waals surface area contributed by atoms with Gasteiger partial charge >= 0.3 is 79.6 Å². The molecule has 0 atom stereocenters. The molecule has 0 unspecified atom stereocenters. The van der Waals surface area contributed by atoms with Crippen LogP contribution in [0.5, 0.6) is 28.7 Å². The minimum Gasteiger partial charge on any atom is -0.868 e. The van der Waals surface area contributed by atoms with E-state index in [1.54, 1.807) is 79.4 Å². The Hall–Kier alpha value is -5.29. The van der Waals surface area contributed by atoms with Gasteiger partial charge in [-0.25, -0.2) is 24.9 Å². The van der Waals surface area contributed by atoms with Crippen LogP contribution in [0, 0.1) is 13.8 Å². The third-order valence-corrected chi connectivity index (χ3v) is 8.88. The molecule has 5 N–H and O–H groups in total. The smallest absolute Gasteiger partial charge is 0.868 e. The summed E-state index contributed by atoms with van der Waals surface area (Å²) < 4.78 is 0. The monoisotopic (exact) mass is 798 g/mol. The molecule has 5 aromatic carbocycles. The zero-order chi connectivity index (χ0) is 40.1. The molecule has 61 heavy (non-hydrogen) atoms. The average molecular weight is 799 g/mol. The minimum atomic E-state index is 0. The van der Waals surface area contributed by atoms with E-state index >= 15 is 0 Å². The van der Waals surface area contributed by atoms with Crippen molar-refractivity contribution in [3.8, 4) is 28.7 Å². The molecule has 282 valence electrons. The van der Waals surface area contributed by atoms with E-state index in [-0.39, 0.29) is 108 Å². The van der Waals surface area contributed by atoms with Crippen molar-refractivity contribution in [3.63, 3.8) is 0 Å². The van der Waals surface area contributed by atoms with Crippen molar-refractivity contribution in [3.05, 3.63) is 182 Å². The van der Waals surface area contributed by atoms with E-state index in [0.29, 0.717) is 27.6 Å². The summed E-state index contributed by atoms with van der Waals surface area (Å²) in [6, 6.07) is 43.5.